The van der Waals surface area contributed by atoms with E-state index in [1.807, 2.05) is 0 Å². The van der Waals surface area contributed by atoms with Gasteiger partial charge in [0, 0.05) is 4.90 Å². The summed E-state index contributed by atoms with van der Waals surface area (Å²) in [6.45, 7) is 3.41. The first-order chi connectivity index (χ1) is 7.56. The van der Waals surface area contributed by atoms with Gasteiger partial charge in [0.15, 0.2) is 0 Å². The van der Waals surface area contributed by atoms with Gasteiger partial charge in [0.05, 0.1) is 17.4 Å². The van der Waals surface area contributed by atoms with E-state index in [1.165, 1.54) is 25.1 Å². The summed E-state index contributed by atoms with van der Waals surface area (Å²) < 4.78 is 29.5. The number of benzene rings is 1. The highest BCUT2D eigenvalue weighted by molar-refractivity contribution is 7.86. The number of halogens is 1. The normalized spacial score (nSPS) is 14.2. The Labute approximate surface area is 96.1 Å². The molecule has 0 amide bonds. The van der Waals surface area contributed by atoms with Crippen LogP contribution < -0.4 is 0 Å². The first kappa shape index (κ1) is 12.8. The second-order valence-electron chi connectivity index (χ2n) is 3.15. The molecule has 0 saturated carbocycles. The van der Waals surface area contributed by atoms with Crippen molar-refractivity contribution in [2.24, 2.45) is 0 Å². The third-order valence-corrected chi connectivity index (χ3v) is 3.52. The van der Waals surface area contributed by atoms with Crippen LogP contribution in [0.15, 0.2) is 29.2 Å². The quantitative estimate of drug-likeness (QED) is 0.760. The van der Waals surface area contributed by atoms with Crippen molar-refractivity contribution in [3.8, 4) is 0 Å². The zero-order valence-corrected chi connectivity index (χ0v) is 9.92. The molecule has 2 atom stereocenters. The molecule has 0 aliphatic heterocycles. The molecule has 5 heteroatoms. The molecule has 0 aliphatic rings. The Kier molecular flexibility index (Phi) is 4.61. The van der Waals surface area contributed by atoms with E-state index in [4.69, 9.17) is 4.74 Å². The molecule has 0 spiro atoms. The third kappa shape index (κ3) is 3.13. The van der Waals surface area contributed by atoms with Crippen LogP contribution in [0.1, 0.15) is 13.8 Å². The van der Waals surface area contributed by atoms with Gasteiger partial charge in [-0.05, 0) is 32.0 Å². The Morgan fingerprint density at radius 1 is 1.56 bits per heavy atom. The van der Waals surface area contributed by atoms with Gasteiger partial charge in [0.1, 0.15) is 11.1 Å². The highest BCUT2D eigenvalue weighted by atomic mass is 32.2. The Bertz CT molecular complexity index is 406. The molecule has 16 heavy (non-hydrogen) atoms. The van der Waals surface area contributed by atoms with E-state index in [0.29, 0.717) is 4.90 Å². The standard InChI is InChI=1S/C11H13FO3S/c1-3-15-11(13)8(2)16(14)10-6-4-5-9(12)7-10/h4-8H,3H2,1-2H3. The molecule has 0 N–H and O–H groups in total. The van der Waals surface area contributed by atoms with Crippen LogP contribution in [0, 0.1) is 5.82 Å². The summed E-state index contributed by atoms with van der Waals surface area (Å²) in [6, 6.07) is 5.40. The van der Waals surface area contributed by atoms with Crippen LogP contribution in [0.2, 0.25) is 0 Å². The molecule has 1 aromatic carbocycles. The van der Waals surface area contributed by atoms with E-state index in [1.54, 1.807) is 6.92 Å². The highest BCUT2D eigenvalue weighted by Crippen LogP contribution is 2.13. The summed E-state index contributed by atoms with van der Waals surface area (Å²) in [5.74, 6) is -1.01. The van der Waals surface area contributed by atoms with Crippen LogP contribution >= 0.6 is 0 Å². The van der Waals surface area contributed by atoms with Crippen molar-refractivity contribution in [1.82, 2.24) is 0 Å². The average molecular weight is 244 g/mol. The summed E-state index contributed by atoms with van der Waals surface area (Å²) >= 11 is 0. The molecular weight excluding hydrogens is 231 g/mol. The van der Waals surface area contributed by atoms with Crippen molar-refractivity contribution in [1.29, 1.82) is 0 Å². The number of esters is 1. The predicted molar refractivity (Wildman–Crippen MR) is 58.9 cm³/mol. The van der Waals surface area contributed by atoms with Crippen molar-refractivity contribution in [2.75, 3.05) is 6.61 Å². The largest absolute Gasteiger partial charge is 0.465 e. The van der Waals surface area contributed by atoms with Gasteiger partial charge >= 0.3 is 5.97 Å². The lowest BCUT2D eigenvalue weighted by atomic mass is 10.3. The van der Waals surface area contributed by atoms with E-state index in [0.717, 1.165) is 6.07 Å². The van der Waals surface area contributed by atoms with Crippen molar-refractivity contribution < 1.29 is 18.1 Å². The monoisotopic (exact) mass is 244 g/mol. The molecule has 2 unspecified atom stereocenters. The first-order valence-corrected chi connectivity index (χ1v) is 6.10. The zero-order chi connectivity index (χ0) is 12.1. The van der Waals surface area contributed by atoms with Gasteiger partial charge in [0.2, 0.25) is 0 Å². The van der Waals surface area contributed by atoms with Crippen LogP contribution in [0.3, 0.4) is 0 Å². The van der Waals surface area contributed by atoms with E-state index in [9.17, 15) is 13.4 Å². The minimum atomic E-state index is -1.58. The van der Waals surface area contributed by atoms with Crippen LogP contribution in [0.5, 0.6) is 0 Å². The molecule has 0 aromatic heterocycles. The number of rotatable bonds is 4. The average Bonchev–Trinajstić information content (AvgIpc) is 2.27. The lowest BCUT2D eigenvalue weighted by molar-refractivity contribution is -0.142. The molecule has 88 valence electrons. The van der Waals surface area contributed by atoms with E-state index in [2.05, 4.69) is 0 Å². The van der Waals surface area contributed by atoms with Gasteiger partial charge in [-0.25, -0.2) is 4.39 Å². The lowest BCUT2D eigenvalue weighted by Crippen LogP contribution is -2.25. The fraction of sp³-hybridized carbons (Fsp3) is 0.364. The van der Waals surface area contributed by atoms with Crippen LogP contribution in [0.25, 0.3) is 0 Å². The molecule has 0 aliphatic carbocycles. The van der Waals surface area contributed by atoms with Crippen molar-refractivity contribution >= 4 is 16.8 Å². The first-order valence-electron chi connectivity index (χ1n) is 4.89. The van der Waals surface area contributed by atoms with E-state index < -0.39 is 27.8 Å². The Morgan fingerprint density at radius 3 is 2.81 bits per heavy atom. The van der Waals surface area contributed by atoms with Crippen LogP contribution in [-0.2, 0) is 20.3 Å². The van der Waals surface area contributed by atoms with Crippen LogP contribution in [0.4, 0.5) is 4.39 Å². The number of hydrogen-bond donors (Lipinski definition) is 0. The maximum Gasteiger partial charge on any atom is 0.321 e. The number of carbonyl (C=O) groups excluding carboxylic acids is 1. The number of ether oxygens (including phenoxy) is 1. The molecule has 0 saturated heterocycles. The molecule has 0 fully saturated rings. The third-order valence-electron chi connectivity index (χ3n) is 1.97. The van der Waals surface area contributed by atoms with Gasteiger partial charge in [-0.1, -0.05) is 6.07 Å². The fourth-order valence-corrected chi connectivity index (χ4v) is 2.24. The van der Waals surface area contributed by atoms with Gasteiger partial charge in [-0.2, -0.15) is 0 Å². The summed E-state index contributed by atoms with van der Waals surface area (Å²) in [7, 11) is -1.58. The van der Waals surface area contributed by atoms with Crippen LogP contribution in [-0.4, -0.2) is 22.0 Å². The Morgan fingerprint density at radius 2 is 2.25 bits per heavy atom. The number of carbonyl (C=O) groups is 1. The second kappa shape index (κ2) is 5.75. The maximum absolute atomic E-state index is 12.9. The molecule has 3 nitrogen and oxygen atoms in total. The summed E-state index contributed by atoms with van der Waals surface area (Å²) in [4.78, 5) is 11.6. The molecule has 0 radical (unpaired) electrons. The topological polar surface area (TPSA) is 43.4 Å². The number of hydrogen-bond acceptors (Lipinski definition) is 3. The van der Waals surface area contributed by atoms with Gasteiger partial charge in [0.25, 0.3) is 0 Å². The molecule has 1 aromatic rings. The summed E-state index contributed by atoms with van der Waals surface area (Å²) in [6.07, 6.45) is 0. The zero-order valence-electron chi connectivity index (χ0n) is 9.10. The lowest BCUT2D eigenvalue weighted by Gasteiger charge is -2.10. The summed E-state index contributed by atoms with van der Waals surface area (Å²) in [5, 5.41) is -0.790. The molecule has 1 rings (SSSR count). The van der Waals surface area contributed by atoms with Gasteiger partial charge in [-0.3, -0.25) is 9.00 Å². The predicted octanol–water partition coefficient (Wildman–Crippen LogP) is 1.88. The highest BCUT2D eigenvalue weighted by Gasteiger charge is 2.22. The van der Waals surface area contributed by atoms with Crippen molar-refractivity contribution in [3.05, 3.63) is 30.1 Å². The SMILES string of the molecule is CCOC(=O)C(C)S(=O)c1cccc(F)c1. The minimum absolute atomic E-state index is 0.240. The van der Waals surface area contributed by atoms with E-state index in [-0.39, 0.29) is 6.61 Å². The van der Waals surface area contributed by atoms with Crippen molar-refractivity contribution in [2.45, 2.75) is 24.0 Å². The smallest absolute Gasteiger partial charge is 0.321 e. The van der Waals surface area contributed by atoms with Gasteiger partial charge in [-0.15, -0.1) is 0 Å². The second-order valence-corrected chi connectivity index (χ2v) is 4.92. The Hall–Kier alpha value is -1.23. The summed E-state index contributed by atoms with van der Waals surface area (Å²) in [5.41, 5.74) is 0. The minimum Gasteiger partial charge on any atom is -0.465 e. The van der Waals surface area contributed by atoms with E-state index >= 15 is 0 Å². The Balaban J connectivity index is 2.82. The fourth-order valence-electron chi connectivity index (χ4n) is 1.14. The molecular formula is C11H13FO3S. The van der Waals surface area contributed by atoms with Gasteiger partial charge < -0.3 is 4.74 Å². The molecule has 0 heterocycles. The maximum atomic E-state index is 12.9. The molecule has 0 bridgehead atoms. The van der Waals surface area contributed by atoms with Crippen molar-refractivity contribution in [3.63, 3.8) is 0 Å².